The summed E-state index contributed by atoms with van der Waals surface area (Å²) in [5.41, 5.74) is 13.1. The molecule has 8 aromatic carbocycles. The summed E-state index contributed by atoms with van der Waals surface area (Å²) < 4.78 is 0. The van der Waals surface area contributed by atoms with Crippen molar-refractivity contribution in [2.45, 2.75) is 19.3 Å². The summed E-state index contributed by atoms with van der Waals surface area (Å²) in [6.07, 6.45) is 0. The van der Waals surface area contributed by atoms with Crippen molar-refractivity contribution < 1.29 is 0 Å². The fraction of sp³-hybridized carbons (Fsp3) is 0.0667. The SMILES string of the molecule is CC1(C)c2ccccc2-c2cc(-c3c4ccccc4c(-c4cccc(-c5cccc6ccccc56)c4)c4ccccc34)ccc21. The fourth-order valence-electron chi connectivity index (χ4n) is 7.95. The lowest BCUT2D eigenvalue weighted by molar-refractivity contribution is 0.660. The van der Waals surface area contributed by atoms with Gasteiger partial charge in [0.05, 0.1) is 0 Å². The van der Waals surface area contributed by atoms with Crippen molar-refractivity contribution in [3.05, 3.63) is 169 Å². The standard InChI is InChI=1S/C45H32/c1-45(2)41-24-10-9-18-35(41)40-28-32(25-26-42(40)45)44-38-21-7-5-19-36(38)43(37-20-6-8-22-39(37)44)31-16-11-15-30(27-31)34-23-12-14-29-13-3-4-17-33(29)34/h3-28H,1-2H3. The summed E-state index contributed by atoms with van der Waals surface area (Å²) in [5.74, 6) is 0. The molecule has 0 radical (unpaired) electrons. The molecule has 0 heterocycles. The van der Waals surface area contributed by atoms with Crippen LogP contribution >= 0.6 is 0 Å². The molecule has 45 heavy (non-hydrogen) atoms. The van der Waals surface area contributed by atoms with Crippen molar-refractivity contribution in [1.29, 1.82) is 0 Å². The van der Waals surface area contributed by atoms with Crippen LogP contribution < -0.4 is 0 Å². The van der Waals surface area contributed by atoms with Crippen molar-refractivity contribution >= 4 is 32.3 Å². The van der Waals surface area contributed by atoms with Gasteiger partial charge in [0.25, 0.3) is 0 Å². The molecule has 1 aliphatic carbocycles. The van der Waals surface area contributed by atoms with Gasteiger partial charge in [0.15, 0.2) is 0 Å². The number of fused-ring (bicyclic) bond motifs is 6. The zero-order chi connectivity index (χ0) is 30.1. The molecule has 0 saturated carbocycles. The van der Waals surface area contributed by atoms with Gasteiger partial charge >= 0.3 is 0 Å². The van der Waals surface area contributed by atoms with E-state index >= 15 is 0 Å². The van der Waals surface area contributed by atoms with Gasteiger partial charge in [-0.25, -0.2) is 0 Å². The third kappa shape index (κ3) is 3.85. The van der Waals surface area contributed by atoms with E-state index in [-0.39, 0.29) is 5.41 Å². The van der Waals surface area contributed by atoms with Crippen molar-refractivity contribution in [2.75, 3.05) is 0 Å². The minimum Gasteiger partial charge on any atom is -0.0619 e. The lowest BCUT2D eigenvalue weighted by Gasteiger charge is -2.22. The minimum atomic E-state index is -0.00640. The van der Waals surface area contributed by atoms with Gasteiger partial charge in [-0.3, -0.25) is 0 Å². The Balaban J connectivity index is 1.30. The summed E-state index contributed by atoms with van der Waals surface area (Å²) in [4.78, 5) is 0. The van der Waals surface area contributed by atoms with Crippen molar-refractivity contribution in [3.63, 3.8) is 0 Å². The van der Waals surface area contributed by atoms with Gasteiger partial charge in [0.1, 0.15) is 0 Å². The van der Waals surface area contributed by atoms with Crippen LogP contribution in [0.1, 0.15) is 25.0 Å². The average Bonchev–Trinajstić information content (AvgIpc) is 3.32. The van der Waals surface area contributed by atoms with Gasteiger partial charge in [0, 0.05) is 5.41 Å². The molecule has 9 rings (SSSR count). The van der Waals surface area contributed by atoms with Crippen LogP contribution in [-0.4, -0.2) is 0 Å². The first-order valence-electron chi connectivity index (χ1n) is 15.9. The molecule has 0 unspecified atom stereocenters. The predicted octanol–water partition coefficient (Wildman–Crippen LogP) is 12.5. The normalized spacial score (nSPS) is 13.3. The Kier molecular flexibility index (Phi) is 5.64. The highest BCUT2D eigenvalue weighted by Crippen LogP contribution is 2.51. The third-order valence-corrected chi connectivity index (χ3v) is 10.1. The van der Waals surface area contributed by atoms with Crippen LogP contribution in [-0.2, 0) is 5.41 Å². The molecule has 0 saturated heterocycles. The Morgan fingerprint density at radius 2 is 0.822 bits per heavy atom. The second-order valence-corrected chi connectivity index (χ2v) is 12.9. The molecule has 8 aromatic rings. The monoisotopic (exact) mass is 572 g/mol. The van der Waals surface area contributed by atoms with Crippen LogP contribution in [0.4, 0.5) is 0 Å². The zero-order valence-corrected chi connectivity index (χ0v) is 25.5. The topological polar surface area (TPSA) is 0 Å². The maximum Gasteiger partial charge on any atom is 0.0158 e. The summed E-state index contributed by atoms with van der Waals surface area (Å²) >= 11 is 0. The highest BCUT2D eigenvalue weighted by Gasteiger charge is 2.35. The van der Waals surface area contributed by atoms with Crippen LogP contribution in [0.15, 0.2) is 158 Å². The first-order chi connectivity index (χ1) is 22.1. The van der Waals surface area contributed by atoms with E-state index in [0.29, 0.717) is 0 Å². The Morgan fingerprint density at radius 3 is 1.53 bits per heavy atom. The van der Waals surface area contributed by atoms with Gasteiger partial charge in [-0.15, -0.1) is 0 Å². The number of hydrogen-bond acceptors (Lipinski definition) is 0. The molecule has 0 aromatic heterocycles. The van der Waals surface area contributed by atoms with E-state index in [2.05, 4.69) is 172 Å². The van der Waals surface area contributed by atoms with E-state index in [1.54, 1.807) is 0 Å². The van der Waals surface area contributed by atoms with E-state index in [1.165, 1.54) is 88.0 Å². The molecule has 0 amide bonds. The lowest BCUT2D eigenvalue weighted by Crippen LogP contribution is -2.14. The first kappa shape index (κ1) is 26.0. The van der Waals surface area contributed by atoms with Gasteiger partial charge in [0.2, 0.25) is 0 Å². The van der Waals surface area contributed by atoms with Crippen molar-refractivity contribution in [2.24, 2.45) is 0 Å². The van der Waals surface area contributed by atoms with Gasteiger partial charge in [-0.2, -0.15) is 0 Å². The lowest BCUT2D eigenvalue weighted by atomic mass is 9.81. The molecule has 0 fully saturated rings. The van der Waals surface area contributed by atoms with Gasteiger partial charge < -0.3 is 0 Å². The highest BCUT2D eigenvalue weighted by atomic mass is 14.4. The Hall–Kier alpha value is -5.46. The van der Waals surface area contributed by atoms with Crippen LogP contribution in [0, 0.1) is 0 Å². The molecule has 212 valence electrons. The minimum absolute atomic E-state index is 0.00640. The number of benzene rings is 8. The fourth-order valence-corrected chi connectivity index (χ4v) is 7.95. The molecular weight excluding hydrogens is 540 g/mol. The summed E-state index contributed by atoms with van der Waals surface area (Å²) in [5, 5.41) is 7.68. The van der Waals surface area contributed by atoms with E-state index in [0.717, 1.165) is 0 Å². The summed E-state index contributed by atoms with van der Waals surface area (Å²) in [7, 11) is 0. The maximum absolute atomic E-state index is 2.44. The molecule has 0 aliphatic heterocycles. The van der Waals surface area contributed by atoms with Gasteiger partial charge in [-0.1, -0.05) is 159 Å². The van der Waals surface area contributed by atoms with Crippen molar-refractivity contribution in [1.82, 2.24) is 0 Å². The van der Waals surface area contributed by atoms with E-state index in [4.69, 9.17) is 0 Å². The van der Waals surface area contributed by atoms with Crippen LogP contribution in [0.2, 0.25) is 0 Å². The van der Waals surface area contributed by atoms with E-state index < -0.39 is 0 Å². The quantitative estimate of drug-likeness (QED) is 0.185. The van der Waals surface area contributed by atoms with Crippen molar-refractivity contribution in [3.8, 4) is 44.5 Å². The highest BCUT2D eigenvalue weighted by molar-refractivity contribution is 6.21. The first-order valence-corrected chi connectivity index (χ1v) is 15.9. The number of rotatable bonds is 3. The molecular formula is C45H32. The molecule has 0 spiro atoms. The Bertz CT molecular complexity index is 2390. The van der Waals surface area contributed by atoms with Crippen LogP contribution in [0.25, 0.3) is 76.8 Å². The van der Waals surface area contributed by atoms with Gasteiger partial charge in [-0.05, 0) is 100 Å². The largest absolute Gasteiger partial charge is 0.0619 e. The molecule has 0 N–H and O–H groups in total. The zero-order valence-electron chi connectivity index (χ0n) is 25.5. The predicted molar refractivity (Wildman–Crippen MR) is 193 cm³/mol. The Morgan fingerprint density at radius 1 is 0.333 bits per heavy atom. The summed E-state index contributed by atoms with van der Waals surface area (Å²) in [6.45, 7) is 4.70. The molecule has 1 aliphatic rings. The maximum atomic E-state index is 2.44. The second kappa shape index (κ2) is 9.78. The van der Waals surface area contributed by atoms with E-state index in [1.807, 2.05) is 0 Å². The molecule has 0 nitrogen and oxygen atoms in total. The molecule has 0 bridgehead atoms. The average molecular weight is 573 g/mol. The smallest absolute Gasteiger partial charge is 0.0158 e. The molecule has 0 atom stereocenters. The summed E-state index contributed by atoms with van der Waals surface area (Å²) in [6, 6.07) is 58.4. The second-order valence-electron chi connectivity index (χ2n) is 12.9. The molecule has 0 heteroatoms. The number of hydrogen-bond donors (Lipinski definition) is 0. The third-order valence-electron chi connectivity index (χ3n) is 10.1. The van der Waals surface area contributed by atoms with Crippen LogP contribution in [0.3, 0.4) is 0 Å². The van der Waals surface area contributed by atoms with E-state index in [9.17, 15) is 0 Å². The Labute approximate surface area is 264 Å². The van der Waals surface area contributed by atoms with Crippen LogP contribution in [0.5, 0.6) is 0 Å².